The summed E-state index contributed by atoms with van der Waals surface area (Å²) < 4.78 is 31.9. The Balaban J connectivity index is 1.48. The number of halogens is 1. The van der Waals surface area contributed by atoms with Gasteiger partial charge < -0.3 is 19.3 Å². The van der Waals surface area contributed by atoms with Crippen LogP contribution in [0.25, 0.3) is 16.0 Å². The molecule has 8 nitrogen and oxygen atoms in total. The van der Waals surface area contributed by atoms with Gasteiger partial charge in [-0.1, -0.05) is 37.2 Å². The molecule has 0 bridgehead atoms. The van der Waals surface area contributed by atoms with Crippen LogP contribution in [0.2, 0.25) is 0 Å². The van der Waals surface area contributed by atoms with Crippen molar-refractivity contribution in [3.05, 3.63) is 82.7 Å². The molecule has 1 N–H and O–H groups in total. The van der Waals surface area contributed by atoms with Crippen molar-refractivity contribution in [2.45, 2.75) is 51.7 Å². The van der Waals surface area contributed by atoms with Crippen molar-refractivity contribution in [2.24, 2.45) is 0 Å². The Labute approximate surface area is 252 Å². The molecule has 0 saturated carbocycles. The van der Waals surface area contributed by atoms with E-state index in [0.717, 1.165) is 41.9 Å². The normalized spacial score (nSPS) is 19.1. The molecule has 1 amide bonds. The van der Waals surface area contributed by atoms with Crippen LogP contribution in [0.1, 0.15) is 55.8 Å². The van der Waals surface area contributed by atoms with Crippen LogP contribution < -0.4 is 19.1 Å². The molecule has 3 aromatic carbocycles. The Morgan fingerprint density at radius 1 is 1.12 bits per heavy atom. The first-order valence-electron chi connectivity index (χ1n) is 14.3. The molecule has 10 heteroatoms. The van der Waals surface area contributed by atoms with Crippen molar-refractivity contribution in [1.82, 2.24) is 4.98 Å². The number of ether oxygens (including phenoxy) is 3. The van der Waals surface area contributed by atoms with Gasteiger partial charge in [0, 0.05) is 12.0 Å². The smallest absolute Gasteiger partial charge is 0.301 e. The van der Waals surface area contributed by atoms with E-state index in [-0.39, 0.29) is 22.6 Å². The van der Waals surface area contributed by atoms with Crippen LogP contribution in [0.3, 0.4) is 0 Å². The van der Waals surface area contributed by atoms with E-state index >= 15 is 0 Å². The van der Waals surface area contributed by atoms with Crippen LogP contribution in [0.15, 0.2) is 60.2 Å². The van der Waals surface area contributed by atoms with E-state index in [2.05, 4.69) is 11.9 Å². The van der Waals surface area contributed by atoms with Crippen LogP contribution in [0.5, 0.6) is 17.2 Å². The molecule has 2 aliphatic heterocycles. The third-order valence-corrected chi connectivity index (χ3v) is 8.69. The van der Waals surface area contributed by atoms with Gasteiger partial charge in [0.15, 0.2) is 16.6 Å². The highest BCUT2D eigenvalue weighted by Gasteiger charge is 2.48. The highest BCUT2D eigenvalue weighted by Crippen LogP contribution is 2.46. The maximum absolute atomic E-state index is 14.0. The SMILES string of the molecule is CCCCCOc1ccc([C@H]2C(=C(O)c3ccc4c(c3)C[C@@H](C)O4)C(=O)C(=O)N2c2nc3ccc(F)cc3s2)cc1OC. The summed E-state index contributed by atoms with van der Waals surface area (Å²) in [5, 5.41) is 11.9. The van der Waals surface area contributed by atoms with Crippen molar-refractivity contribution >= 4 is 44.1 Å². The monoisotopic (exact) mass is 602 g/mol. The Hall–Kier alpha value is -4.44. The molecule has 2 aliphatic rings. The molecular formula is C33H31FN2O6S. The van der Waals surface area contributed by atoms with Gasteiger partial charge in [-0.15, -0.1) is 0 Å². The van der Waals surface area contributed by atoms with E-state index in [4.69, 9.17) is 14.2 Å². The average Bonchev–Trinajstić information content (AvgIpc) is 3.66. The second-order valence-corrected chi connectivity index (χ2v) is 11.7. The van der Waals surface area contributed by atoms with Gasteiger partial charge in [-0.2, -0.15) is 0 Å². The van der Waals surface area contributed by atoms with Gasteiger partial charge >= 0.3 is 5.91 Å². The van der Waals surface area contributed by atoms with Crippen molar-refractivity contribution in [2.75, 3.05) is 18.6 Å². The fourth-order valence-electron chi connectivity index (χ4n) is 5.57. The number of Topliss-reactive ketones (excluding diaryl/α,β-unsaturated/α-hetero) is 1. The van der Waals surface area contributed by atoms with Crippen LogP contribution >= 0.6 is 11.3 Å². The number of rotatable bonds is 9. The van der Waals surface area contributed by atoms with E-state index in [9.17, 15) is 19.1 Å². The number of benzene rings is 3. The minimum atomic E-state index is -1.03. The Morgan fingerprint density at radius 2 is 1.95 bits per heavy atom. The number of carbonyl (C=O) groups is 2. The van der Waals surface area contributed by atoms with E-state index in [0.29, 0.717) is 45.9 Å². The van der Waals surface area contributed by atoms with Gasteiger partial charge in [0.1, 0.15) is 23.4 Å². The number of thiazole rings is 1. The molecule has 0 unspecified atom stereocenters. The quantitative estimate of drug-likeness (QED) is 0.0957. The summed E-state index contributed by atoms with van der Waals surface area (Å²) in [6.07, 6.45) is 3.65. The zero-order chi connectivity index (χ0) is 30.2. The summed E-state index contributed by atoms with van der Waals surface area (Å²) in [6.45, 7) is 4.59. The molecule has 6 rings (SSSR count). The molecule has 0 radical (unpaired) electrons. The molecule has 1 aromatic heterocycles. The molecule has 43 heavy (non-hydrogen) atoms. The zero-order valence-corrected chi connectivity index (χ0v) is 24.9. The minimum Gasteiger partial charge on any atom is -0.507 e. The van der Waals surface area contributed by atoms with E-state index in [1.807, 2.05) is 6.92 Å². The van der Waals surface area contributed by atoms with Crippen LogP contribution in [0.4, 0.5) is 9.52 Å². The topological polar surface area (TPSA) is 98.2 Å². The first-order valence-corrected chi connectivity index (χ1v) is 15.1. The number of unbranched alkanes of at least 4 members (excludes halogenated alkanes) is 2. The van der Waals surface area contributed by atoms with Gasteiger partial charge in [-0.3, -0.25) is 14.5 Å². The summed E-state index contributed by atoms with van der Waals surface area (Å²) in [6, 6.07) is 13.5. The summed E-state index contributed by atoms with van der Waals surface area (Å²) in [5.41, 5.74) is 2.22. The summed E-state index contributed by atoms with van der Waals surface area (Å²) in [5.74, 6) is -0.756. The first-order chi connectivity index (χ1) is 20.8. The maximum Gasteiger partial charge on any atom is 0.301 e. The fraction of sp³-hybridized carbons (Fsp3) is 0.303. The van der Waals surface area contributed by atoms with Gasteiger partial charge in [0.05, 0.1) is 35.5 Å². The number of nitrogens with zero attached hydrogens (tertiary/aromatic N) is 2. The third kappa shape index (κ3) is 5.31. The largest absolute Gasteiger partial charge is 0.507 e. The Kier molecular flexibility index (Phi) is 7.79. The second-order valence-electron chi connectivity index (χ2n) is 10.7. The highest BCUT2D eigenvalue weighted by molar-refractivity contribution is 7.22. The lowest BCUT2D eigenvalue weighted by molar-refractivity contribution is -0.132. The third-order valence-electron chi connectivity index (χ3n) is 7.67. The number of ketones is 1. The zero-order valence-electron chi connectivity index (χ0n) is 24.1. The summed E-state index contributed by atoms with van der Waals surface area (Å²) >= 11 is 1.09. The summed E-state index contributed by atoms with van der Waals surface area (Å²) in [7, 11) is 1.52. The number of anilines is 1. The number of methoxy groups -OCH3 is 1. The predicted octanol–water partition coefficient (Wildman–Crippen LogP) is 6.96. The van der Waals surface area contributed by atoms with Crippen molar-refractivity contribution in [1.29, 1.82) is 0 Å². The van der Waals surface area contributed by atoms with Gasteiger partial charge in [-0.25, -0.2) is 9.37 Å². The van der Waals surface area contributed by atoms with Crippen LogP contribution in [0, 0.1) is 5.82 Å². The second kappa shape index (κ2) is 11.7. The van der Waals surface area contributed by atoms with Crippen molar-refractivity contribution in [3.8, 4) is 17.2 Å². The molecular weight excluding hydrogens is 571 g/mol. The van der Waals surface area contributed by atoms with E-state index < -0.39 is 23.5 Å². The van der Waals surface area contributed by atoms with Gasteiger partial charge in [0.25, 0.3) is 5.78 Å². The molecule has 4 aromatic rings. The fourth-order valence-corrected chi connectivity index (χ4v) is 6.58. The number of aliphatic hydroxyl groups excluding tert-OH is 1. The van der Waals surface area contributed by atoms with Crippen LogP contribution in [-0.4, -0.2) is 41.6 Å². The molecule has 0 aliphatic carbocycles. The van der Waals surface area contributed by atoms with Crippen molar-refractivity contribution < 1.29 is 33.3 Å². The number of carbonyl (C=O) groups excluding carboxylic acids is 2. The highest BCUT2D eigenvalue weighted by atomic mass is 32.1. The Morgan fingerprint density at radius 3 is 2.74 bits per heavy atom. The Bertz CT molecular complexity index is 1770. The molecule has 3 heterocycles. The number of hydrogen-bond donors (Lipinski definition) is 1. The van der Waals surface area contributed by atoms with E-state index in [1.165, 1.54) is 30.2 Å². The lowest BCUT2D eigenvalue weighted by Crippen LogP contribution is -2.29. The predicted molar refractivity (Wildman–Crippen MR) is 163 cm³/mol. The molecule has 1 saturated heterocycles. The average molecular weight is 603 g/mol. The number of aromatic nitrogens is 1. The maximum atomic E-state index is 14.0. The van der Waals surface area contributed by atoms with E-state index in [1.54, 1.807) is 36.4 Å². The number of amides is 1. The lowest BCUT2D eigenvalue weighted by Gasteiger charge is -2.24. The number of fused-ring (bicyclic) bond motifs is 2. The van der Waals surface area contributed by atoms with Gasteiger partial charge in [-0.05, 0) is 73.0 Å². The minimum absolute atomic E-state index is 0.00276. The number of aliphatic hydroxyl groups is 1. The van der Waals surface area contributed by atoms with Crippen LogP contribution in [-0.2, 0) is 16.0 Å². The molecule has 2 atom stereocenters. The lowest BCUT2D eigenvalue weighted by atomic mass is 9.94. The standard InChI is InChI=1S/C33H31FN2O6S/c1-4-5-6-13-41-25-12-7-19(16-26(25)40-3)29-28(30(37)20-8-11-24-21(15-20)14-18(2)42-24)31(38)32(39)36(29)33-35-23-10-9-22(34)17-27(23)43-33/h7-12,15-18,29,37H,4-6,13-14H2,1-3H3/t18-,29+/m1/s1. The summed E-state index contributed by atoms with van der Waals surface area (Å²) in [4.78, 5) is 33.2. The number of hydrogen-bond acceptors (Lipinski definition) is 8. The first kappa shape index (κ1) is 28.7. The van der Waals surface area contributed by atoms with Gasteiger partial charge in [0.2, 0.25) is 0 Å². The molecule has 1 fully saturated rings. The molecule has 222 valence electrons. The van der Waals surface area contributed by atoms with Crippen molar-refractivity contribution in [3.63, 3.8) is 0 Å². The molecule has 0 spiro atoms.